The lowest BCUT2D eigenvalue weighted by Gasteiger charge is -2.45. The first-order valence-corrected chi connectivity index (χ1v) is 15.2. The summed E-state index contributed by atoms with van der Waals surface area (Å²) in [5.41, 5.74) is 6.48. The summed E-state index contributed by atoms with van der Waals surface area (Å²) in [4.78, 5) is 30.3. The fraction of sp³-hybridized carbons (Fsp3) is 0.455. The monoisotopic (exact) mass is 565 g/mol. The highest BCUT2D eigenvalue weighted by molar-refractivity contribution is 5.77. The molecule has 2 atom stereocenters. The minimum atomic E-state index is -0.977. The number of hydrogen-bond donors (Lipinski definition) is 2. The quantitative estimate of drug-likeness (QED) is 0.322. The Morgan fingerprint density at radius 3 is 2.71 bits per heavy atom. The van der Waals surface area contributed by atoms with Crippen LogP contribution in [0.5, 0.6) is 0 Å². The van der Waals surface area contributed by atoms with E-state index in [1.807, 2.05) is 19.1 Å². The van der Waals surface area contributed by atoms with Gasteiger partial charge in [0.15, 0.2) is 11.5 Å². The number of pyridine rings is 1. The maximum atomic E-state index is 13.5. The lowest BCUT2D eigenvalue weighted by Crippen LogP contribution is -2.44. The molecule has 0 saturated carbocycles. The van der Waals surface area contributed by atoms with Crippen molar-refractivity contribution in [3.63, 3.8) is 0 Å². The van der Waals surface area contributed by atoms with E-state index in [9.17, 15) is 9.90 Å². The van der Waals surface area contributed by atoms with E-state index in [4.69, 9.17) is 9.97 Å². The molecule has 3 aromatic heterocycles. The first-order chi connectivity index (χ1) is 20.2. The van der Waals surface area contributed by atoms with Gasteiger partial charge in [0, 0.05) is 30.4 Å². The Kier molecular flexibility index (Phi) is 6.36. The number of allylic oxidation sites excluding steroid dienone is 1. The minimum Gasteiger partial charge on any atom is -0.384 e. The Bertz CT molecular complexity index is 1790. The van der Waals surface area contributed by atoms with Gasteiger partial charge in [-0.3, -0.25) is 4.79 Å². The third-order valence-electron chi connectivity index (χ3n) is 9.62. The summed E-state index contributed by atoms with van der Waals surface area (Å²) in [6.45, 7) is 10.6. The van der Waals surface area contributed by atoms with Gasteiger partial charge in [0.05, 0.1) is 12.2 Å². The number of nitrogens with one attached hydrogen (secondary N) is 1. The summed E-state index contributed by atoms with van der Waals surface area (Å²) in [6, 6.07) is 8.42. The number of hydrogen-bond acceptors (Lipinski definition) is 7. The van der Waals surface area contributed by atoms with E-state index in [1.54, 1.807) is 21.6 Å². The van der Waals surface area contributed by atoms with Crippen LogP contribution in [0.15, 0.2) is 47.9 Å². The van der Waals surface area contributed by atoms with Crippen molar-refractivity contribution >= 4 is 22.7 Å². The van der Waals surface area contributed by atoms with E-state index >= 15 is 0 Å². The van der Waals surface area contributed by atoms with Gasteiger partial charge in [-0.15, -0.1) is 6.58 Å². The molecule has 1 aliphatic heterocycles. The molecule has 2 N–H and O–H groups in total. The van der Waals surface area contributed by atoms with Crippen molar-refractivity contribution in [2.24, 2.45) is 0 Å². The SMILES string of the molecule is C=CCn1c(=O)c2cnc(Nc3cc4c5c(c3)CN(C)CC5(C)CCC4)nc2n1-c1ccc2c(n1)C(O)(CC)CCC2. The normalized spacial score (nSPS) is 23.4. The van der Waals surface area contributed by atoms with Crippen molar-refractivity contribution < 1.29 is 5.11 Å². The molecule has 218 valence electrons. The van der Waals surface area contributed by atoms with Crippen molar-refractivity contribution in [1.82, 2.24) is 29.2 Å². The summed E-state index contributed by atoms with van der Waals surface area (Å²) >= 11 is 0. The van der Waals surface area contributed by atoms with Gasteiger partial charge in [-0.2, -0.15) is 4.98 Å². The molecule has 0 amide bonds. The standard InChI is InChI=1S/C33H39N7O2/c1-5-15-39-30(41)25-18-34-31(35-24-16-22-10-7-13-32(3)20-38(4)19-23(17-24)27(22)32)37-29(25)40(39)26-12-11-21-9-8-14-33(42,6-2)28(21)36-26/h5,11-12,16-18,42H,1,6-10,13-15,19-20H2,2-4H3,(H,34,35,37). The average molecular weight is 566 g/mol. The zero-order valence-electron chi connectivity index (χ0n) is 24.8. The molecule has 1 aromatic carbocycles. The molecule has 0 bridgehead atoms. The molecular weight excluding hydrogens is 526 g/mol. The molecule has 0 saturated heterocycles. The van der Waals surface area contributed by atoms with Crippen LogP contribution in [0.3, 0.4) is 0 Å². The summed E-state index contributed by atoms with van der Waals surface area (Å²) in [5.74, 6) is 0.964. The zero-order chi connectivity index (χ0) is 29.2. The van der Waals surface area contributed by atoms with E-state index < -0.39 is 5.60 Å². The number of anilines is 2. The average Bonchev–Trinajstić information content (AvgIpc) is 3.23. The van der Waals surface area contributed by atoms with Gasteiger partial charge in [-0.25, -0.2) is 19.3 Å². The van der Waals surface area contributed by atoms with Crippen LogP contribution >= 0.6 is 0 Å². The molecule has 4 aromatic rings. The van der Waals surface area contributed by atoms with Crippen LogP contribution < -0.4 is 10.9 Å². The molecule has 4 heterocycles. The van der Waals surface area contributed by atoms with Crippen LogP contribution in [0.25, 0.3) is 16.9 Å². The second kappa shape index (κ2) is 9.88. The minimum absolute atomic E-state index is 0.194. The molecule has 9 nitrogen and oxygen atoms in total. The van der Waals surface area contributed by atoms with E-state index in [1.165, 1.54) is 29.5 Å². The topological polar surface area (TPSA) is 101 Å². The molecular formula is C33H39N7O2. The summed E-state index contributed by atoms with van der Waals surface area (Å²) in [6.07, 6.45) is 9.82. The molecule has 0 fully saturated rings. The first-order valence-electron chi connectivity index (χ1n) is 15.2. The van der Waals surface area contributed by atoms with Crippen LogP contribution in [0.2, 0.25) is 0 Å². The lowest BCUT2D eigenvalue weighted by atomic mass is 9.67. The van der Waals surface area contributed by atoms with Crippen molar-refractivity contribution in [1.29, 1.82) is 0 Å². The summed E-state index contributed by atoms with van der Waals surface area (Å²) in [5, 5.41) is 15.2. The third kappa shape index (κ3) is 4.21. The maximum absolute atomic E-state index is 13.5. The van der Waals surface area contributed by atoms with E-state index in [-0.39, 0.29) is 17.5 Å². The molecule has 9 heteroatoms. The van der Waals surface area contributed by atoms with Crippen molar-refractivity contribution in [2.45, 2.75) is 82.9 Å². The number of benzene rings is 1. The molecule has 7 rings (SSSR count). The second-order valence-corrected chi connectivity index (χ2v) is 12.7. The van der Waals surface area contributed by atoms with Gasteiger partial charge in [0.25, 0.3) is 5.56 Å². The number of aliphatic hydroxyl groups is 1. The molecule has 42 heavy (non-hydrogen) atoms. The number of rotatable bonds is 6. The number of aromatic nitrogens is 5. The fourth-order valence-electron chi connectivity index (χ4n) is 7.80. The van der Waals surface area contributed by atoms with Gasteiger partial charge in [0.2, 0.25) is 5.95 Å². The first kappa shape index (κ1) is 27.0. The Hall–Kier alpha value is -3.82. The van der Waals surface area contributed by atoms with Crippen LogP contribution in [0.1, 0.15) is 73.9 Å². The summed E-state index contributed by atoms with van der Waals surface area (Å²) in [7, 11) is 2.20. The van der Waals surface area contributed by atoms with Gasteiger partial charge in [-0.05, 0) is 92.4 Å². The predicted octanol–water partition coefficient (Wildman–Crippen LogP) is 4.88. The Labute approximate surface area is 245 Å². The molecule has 2 aliphatic carbocycles. The highest BCUT2D eigenvalue weighted by Gasteiger charge is 2.39. The van der Waals surface area contributed by atoms with Crippen LogP contribution in [-0.4, -0.2) is 47.9 Å². The number of aryl methyl sites for hydroxylation is 2. The van der Waals surface area contributed by atoms with Crippen molar-refractivity contribution in [2.75, 3.05) is 18.9 Å². The van der Waals surface area contributed by atoms with Crippen molar-refractivity contribution in [3.05, 3.63) is 81.4 Å². The third-order valence-corrected chi connectivity index (χ3v) is 9.62. The molecule has 2 unspecified atom stereocenters. The van der Waals surface area contributed by atoms with Crippen LogP contribution in [-0.2, 0) is 36.9 Å². The van der Waals surface area contributed by atoms with Gasteiger partial charge in [-0.1, -0.05) is 26.0 Å². The van der Waals surface area contributed by atoms with E-state index in [0.717, 1.165) is 43.6 Å². The van der Waals surface area contributed by atoms with Gasteiger partial charge < -0.3 is 15.3 Å². The Morgan fingerprint density at radius 1 is 1.12 bits per heavy atom. The van der Waals surface area contributed by atoms with Gasteiger partial charge >= 0.3 is 0 Å². The van der Waals surface area contributed by atoms with E-state index in [0.29, 0.717) is 41.3 Å². The highest BCUT2D eigenvalue weighted by Crippen LogP contribution is 2.44. The number of likely N-dealkylation sites (N-methyl/N-ethyl adjacent to an activating group) is 1. The predicted molar refractivity (Wildman–Crippen MR) is 165 cm³/mol. The maximum Gasteiger partial charge on any atom is 0.278 e. The summed E-state index contributed by atoms with van der Waals surface area (Å²) < 4.78 is 3.33. The Balaban J connectivity index is 1.34. The van der Waals surface area contributed by atoms with Crippen LogP contribution in [0, 0.1) is 0 Å². The van der Waals surface area contributed by atoms with Crippen LogP contribution in [0.4, 0.5) is 11.6 Å². The Morgan fingerprint density at radius 2 is 1.90 bits per heavy atom. The lowest BCUT2D eigenvalue weighted by molar-refractivity contribution is 0.0103. The van der Waals surface area contributed by atoms with Crippen molar-refractivity contribution in [3.8, 4) is 5.82 Å². The van der Waals surface area contributed by atoms with E-state index in [2.05, 4.69) is 47.9 Å². The number of nitrogens with zero attached hydrogens (tertiary/aromatic N) is 6. The zero-order valence-corrected chi connectivity index (χ0v) is 24.8. The fourth-order valence-corrected chi connectivity index (χ4v) is 7.80. The second-order valence-electron chi connectivity index (χ2n) is 12.7. The largest absolute Gasteiger partial charge is 0.384 e. The molecule has 3 aliphatic rings. The number of fused-ring (bicyclic) bond motifs is 2. The smallest absolute Gasteiger partial charge is 0.278 e. The molecule has 0 radical (unpaired) electrons. The highest BCUT2D eigenvalue weighted by atomic mass is 16.3. The van der Waals surface area contributed by atoms with Gasteiger partial charge in [0.1, 0.15) is 11.0 Å². The molecule has 0 spiro atoms.